The molecule has 0 radical (unpaired) electrons. The van der Waals surface area contributed by atoms with E-state index in [1.165, 1.54) is 6.92 Å². The number of carbonyl (C=O) groups is 1. The summed E-state index contributed by atoms with van der Waals surface area (Å²) in [6, 6.07) is 23.7. The highest BCUT2D eigenvalue weighted by Crippen LogP contribution is 2.25. The number of ether oxygens (including phenoxy) is 1. The topological polar surface area (TPSA) is 173 Å². The quantitative estimate of drug-likeness (QED) is 0.0968. The number of benzene rings is 2. The Balaban J connectivity index is 0.000000165. The van der Waals surface area contributed by atoms with Gasteiger partial charge in [0.15, 0.2) is 11.3 Å². The molecule has 53 heavy (non-hydrogen) atoms. The lowest BCUT2D eigenvalue weighted by Crippen LogP contribution is -2.01. The number of hydrogen-bond donors (Lipinski definition) is 4. The molecule has 6 aromatic heterocycles. The predicted molar refractivity (Wildman–Crippen MR) is 209 cm³/mol. The fraction of sp³-hybridized carbons (Fsp3) is 0.158. The molecule has 8 rings (SSSR count). The van der Waals surface area contributed by atoms with Crippen molar-refractivity contribution in [1.82, 2.24) is 35.1 Å². The fourth-order valence-electron chi connectivity index (χ4n) is 5.42. The number of imidazole rings is 2. The molecule has 13 nitrogen and oxygen atoms in total. The second-order valence-corrected chi connectivity index (χ2v) is 13.9. The molecule has 0 amide bonds. The van der Waals surface area contributed by atoms with Crippen LogP contribution in [0.1, 0.15) is 35.5 Å². The number of H-pyrrole nitrogens is 2. The zero-order valence-corrected chi connectivity index (χ0v) is 32.0. The van der Waals surface area contributed by atoms with Crippen molar-refractivity contribution in [2.45, 2.75) is 40.5 Å². The number of furan rings is 1. The van der Waals surface area contributed by atoms with Gasteiger partial charge in [-0.25, -0.2) is 19.9 Å². The Bertz CT molecular complexity index is 2480. The summed E-state index contributed by atoms with van der Waals surface area (Å²) in [4.78, 5) is 35.1. The number of carbonyl (C=O) groups excluding carboxylic acids is 1. The van der Waals surface area contributed by atoms with Gasteiger partial charge in [0.1, 0.15) is 35.5 Å². The average Bonchev–Trinajstić information content (AvgIpc) is 3.96. The Labute approximate surface area is 320 Å². The SMILES string of the molecule is CC(=O)OCc1ccc(CNc2ccc(-c3nc4ncc(Br)cc4[nH]3)cc2)o1.Cc1noc(C)c1CNc1ccc(-c2nc3ncc(Br)cc3[nH]2)cc1. The summed E-state index contributed by atoms with van der Waals surface area (Å²) in [5, 5.41) is 10.7. The van der Waals surface area contributed by atoms with E-state index in [0.717, 1.165) is 76.9 Å². The number of nitrogens with one attached hydrogen (secondary N) is 4. The molecule has 0 aliphatic heterocycles. The number of nitrogens with zero attached hydrogens (tertiary/aromatic N) is 5. The molecule has 2 aromatic carbocycles. The third-order valence-corrected chi connectivity index (χ3v) is 9.04. The smallest absolute Gasteiger partial charge is 0.303 e. The number of fused-ring (bicyclic) bond motifs is 2. The van der Waals surface area contributed by atoms with Crippen molar-refractivity contribution in [1.29, 1.82) is 0 Å². The van der Waals surface area contributed by atoms with Crippen LogP contribution in [0.25, 0.3) is 45.1 Å². The van der Waals surface area contributed by atoms with E-state index in [2.05, 4.69) is 77.6 Å². The van der Waals surface area contributed by atoms with Crippen LogP contribution in [0.5, 0.6) is 0 Å². The Morgan fingerprint density at radius 3 is 1.79 bits per heavy atom. The summed E-state index contributed by atoms with van der Waals surface area (Å²) >= 11 is 6.83. The highest BCUT2D eigenvalue weighted by molar-refractivity contribution is 9.10. The molecule has 0 aliphatic carbocycles. The lowest BCUT2D eigenvalue weighted by molar-refractivity contribution is -0.142. The van der Waals surface area contributed by atoms with Gasteiger partial charge in [-0.2, -0.15) is 0 Å². The standard InChI is InChI=1S/C20H17BrN4O3.C18H16BrN5O/c1-12(26)27-11-17-7-6-16(28-17)10-22-15-4-2-13(3-5-15)19-24-18-8-14(21)9-23-20(18)25-19;1-10-15(11(2)25-24-10)9-20-14-5-3-12(4-6-14)17-22-16-7-13(19)8-21-18(16)23-17/h2-9,22H,10-11H2,1H3,(H,23,24,25);3-8,20H,9H2,1-2H3,(H,21,22,23). The highest BCUT2D eigenvalue weighted by atomic mass is 79.9. The summed E-state index contributed by atoms with van der Waals surface area (Å²) < 4.78 is 17.6. The van der Waals surface area contributed by atoms with Gasteiger partial charge in [0.05, 0.1) is 23.3 Å². The maximum absolute atomic E-state index is 10.8. The Kier molecular flexibility index (Phi) is 10.6. The van der Waals surface area contributed by atoms with Gasteiger partial charge in [0.25, 0.3) is 0 Å². The van der Waals surface area contributed by atoms with Crippen LogP contribution in [0, 0.1) is 13.8 Å². The first kappa shape index (κ1) is 35.6. The molecule has 6 heterocycles. The number of aromatic nitrogens is 7. The first-order chi connectivity index (χ1) is 25.7. The van der Waals surface area contributed by atoms with Crippen molar-refractivity contribution in [2.24, 2.45) is 0 Å². The number of rotatable bonds is 10. The van der Waals surface area contributed by atoms with E-state index in [1.54, 1.807) is 18.5 Å². The molecule has 0 saturated carbocycles. The summed E-state index contributed by atoms with van der Waals surface area (Å²) in [5.74, 6) is 3.48. The summed E-state index contributed by atoms with van der Waals surface area (Å²) in [6.45, 7) is 6.60. The van der Waals surface area contributed by atoms with Crippen LogP contribution in [-0.4, -0.2) is 41.0 Å². The van der Waals surface area contributed by atoms with E-state index >= 15 is 0 Å². The molecular weight excluding hydrogens is 806 g/mol. The Morgan fingerprint density at radius 2 is 1.28 bits per heavy atom. The number of hydrogen-bond acceptors (Lipinski definition) is 11. The van der Waals surface area contributed by atoms with E-state index < -0.39 is 0 Å². The highest BCUT2D eigenvalue weighted by Gasteiger charge is 2.11. The lowest BCUT2D eigenvalue weighted by atomic mass is 10.1. The summed E-state index contributed by atoms with van der Waals surface area (Å²) in [6.07, 6.45) is 3.47. The number of halogens is 2. The number of aromatic amines is 2. The van der Waals surface area contributed by atoms with Crippen molar-refractivity contribution < 1.29 is 18.5 Å². The molecule has 0 unspecified atom stereocenters. The fourth-order valence-corrected chi connectivity index (χ4v) is 6.08. The first-order valence-electron chi connectivity index (χ1n) is 16.5. The van der Waals surface area contributed by atoms with Crippen LogP contribution in [0.15, 0.2) is 103 Å². The molecule has 0 saturated heterocycles. The number of pyridine rings is 2. The van der Waals surface area contributed by atoms with Gasteiger partial charge < -0.3 is 34.3 Å². The minimum atomic E-state index is -0.330. The van der Waals surface area contributed by atoms with Gasteiger partial charge in [-0.1, -0.05) is 5.16 Å². The second-order valence-electron chi connectivity index (χ2n) is 12.0. The van der Waals surface area contributed by atoms with Gasteiger partial charge >= 0.3 is 5.97 Å². The molecule has 0 spiro atoms. The Morgan fingerprint density at radius 1 is 0.755 bits per heavy atom. The molecule has 0 fully saturated rings. The van der Waals surface area contributed by atoms with Crippen molar-refractivity contribution in [3.05, 3.63) is 123 Å². The number of esters is 1. The van der Waals surface area contributed by atoms with Gasteiger partial charge in [-0.15, -0.1) is 0 Å². The normalized spacial score (nSPS) is 11.0. The zero-order chi connectivity index (χ0) is 36.9. The minimum absolute atomic E-state index is 0.146. The molecule has 15 heteroatoms. The third-order valence-electron chi connectivity index (χ3n) is 8.18. The third kappa shape index (κ3) is 8.81. The van der Waals surface area contributed by atoms with Crippen LogP contribution in [0.4, 0.5) is 11.4 Å². The number of aryl methyl sites for hydroxylation is 2. The van der Waals surface area contributed by atoms with Crippen LogP contribution in [0.3, 0.4) is 0 Å². The van der Waals surface area contributed by atoms with Crippen LogP contribution >= 0.6 is 31.9 Å². The Hall–Kier alpha value is -5.80. The van der Waals surface area contributed by atoms with Gasteiger partial charge in [0, 0.05) is 62.9 Å². The molecule has 4 N–H and O–H groups in total. The van der Waals surface area contributed by atoms with Crippen molar-refractivity contribution in [2.75, 3.05) is 10.6 Å². The van der Waals surface area contributed by atoms with Crippen LogP contribution < -0.4 is 10.6 Å². The van der Waals surface area contributed by atoms with E-state index in [1.807, 2.05) is 80.6 Å². The maximum Gasteiger partial charge on any atom is 0.303 e. The number of anilines is 2. The molecule has 0 atom stereocenters. The summed E-state index contributed by atoms with van der Waals surface area (Å²) in [7, 11) is 0. The lowest BCUT2D eigenvalue weighted by Gasteiger charge is -2.06. The summed E-state index contributed by atoms with van der Waals surface area (Å²) in [5.41, 5.74) is 9.17. The van der Waals surface area contributed by atoms with Gasteiger partial charge in [-0.3, -0.25) is 4.79 Å². The zero-order valence-electron chi connectivity index (χ0n) is 28.8. The molecule has 0 aliphatic rings. The van der Waals surface area contributed by atoms with E-state index in [-0.39, 0.29) is 12.6 Å². The van der Waals surface area contributed by atoms with Crippen molar-refractivity contribution in [3.8, 4) is 22.8 Å². The van der Waals surface area contributed by atoms with E-state index in [4.69, 9.17) is 13.7 Å². The second kappa shape index (κ2) is 15.8. The van der Waals surface area contributed by atoms with E-state index in [0.29, 0.717) is 30.1 Å². The predicted octanol–water partition coefficient (Wildman–Crippen LogP) is 9.26. The van der Waals surface area contributed by atoms with Crippen molar-refractivity contribution >= 4 is 71.5 Å². The van der Waals surface area contributed by atoms with Gasteiger partial charge in [-0.05, 0) is 119 Å². The van der Waals surface area contributed by atoms with Crippen LogP contribution in [0.2, 0.25) is 0 Å². The first-order valence-corrected chi connectivity index (χ1v) is 18.1. The molecule has 268 valence electrons. The monoisotopic (exact) mass is 837 g/mol. The van der Waals surface area contributed by atoms with Crippen LogP contribution in [-0.2, 0) is 29.2 Å². The van der Waals surface area contributed by atoms with Gasteiger partial charge in [0.2, 0.25) is 0 Å². The molecule has 0 bridgehead atoms. The van der Waals surface area contributed by atoms with Crippen molar-refractivity contribution in [3.63, 3.8) is 0 Å². The van der Waals surface area contributed by atoms with E-state index in [9.17, 15) is 4.79 Å². The minimum Gasteiger partial charge on any atom is -0.461 e. The molecule has 8 aromatic rings. The molecular formula is C38H33Br2N9O4. The largest absolute Gasteiger partial charge is 0.461 e. The average molecular weight is 840 g/mol. The maximum atomic E-state index is 10.8.